The van der Waals surface area contributed by atoms with Crippen LogP contribution < -0.4 is 16.6 Å². The van der Waals surface area contributed by atoms with Gasteiger partial charge in [-0.05, 0) is 31.5 Å². The molecule has 13 nitrogen and oxygen atoms in total. The van der Waals surface area contributed by atoms with E-state index in [1.165, 1.54) is 74.7 Å². The van der Waals surface area contributed by atoms with E-state index in [1.807, 2.05) is 0 Å². The molecule has 0 spiro atoms. The molecule has 0 aliphatic carbocycles. The summed E-state index contributed by atoms with van der Waals surface area (Å²) in [7, 11) is 1.41. The average molecular weight is 535 g/mol. The Morgan fingerprint density at radius 3 is 2.43 bits per heavy atom. The summed E-state index contributed by atoms with van der Waals surface area (Å²) in [5, 5.41) is 33.8. The molecule has 0 radical (unpaired) electrons. The third-order valence-corrected chi connectivity index (χ3v) is 6.73. The zero-order valence-electron chi connectivity index (χ0n) is 20.4. The molecule has 3 heterocycles. The third-order valence-electron chi connectivity index (χ3n) is 5.77. The molecule has 4 rings (SSSR count). The Labute approximate surface area is 215 Å². The number of aromatic nitrogens is 4. The van der Waals surface area contributed by atoms with Gasteiger partial charge in [-0.2, -0.15) is 0 Å². The van der Waals surface area contributed by atoms with Crippen LogP contribution >= 0.6 is 11.8 Å². The summed E-state index contributed by atoms with van der Waals surface area (Å²) < 4.78 is 2.50. The van der Waals surface area contributed by atoms with Gasteiger partial charge < -0.3 is 20.1 Å². The second-order valence-corrected chi connectivity index (χ2v) is 9.57. The third kappa shape index (κ3) is 7.74. The van der Waals surface area contributed by atoms with Gasteiger partial charge in [0.25, 0.3) is 11.2 Å². The van der Waals surface area contributed by atoms with E-state index in [1.54, 1.807) is 0 Å². The zero-order chi connectivity index (χ0) is 26.9. The Morgan fingerprint density at radius 1 is 1.19 bits per heavy atom. The minimum Gasteiger partial charge on any atom is -0.481 e. The molecule has 1 saturated heterocycles. The number of aromatic amines is 1. The molecule has 0 amide bonds. The topological polar surface area (TPSA) is 185 Å². The Balaban J connectivity index is 0.000000468. The first-order valence-electron chi connectivity index (χ1n) is 11.8. The fourth-order valence-corrected chi connectivity index (χ4v) is 4.63. The van der Waals surface area contributed by atoms with Crippen molar-refractivity contribution in [2.45, 2.75) is 49.9 Å². The number of aliphatic hydroxyl groups is 1. The highest BCUT2D eigenvalue weighted by Gasteiger charge is 2.21. The summed E-state index contributed by atoms with van der Waals surface area (Å²) >= 11 is 0.856. The first kappa shape index (κ1) is 28.1. The Kier molecular flexibility index (Phi) is 10.00. The molecule has 1 aliphatic rings. The largest absolute Gasteiger partial charge is 0.481 e. The maximum Gasteiger partial charge on any atom is 0.329 e. The van der Waals surface area contributed by atoms with Crippen molar-refractivity contribution in [1.82, 2.24) is 24.4 Å². The number of fused-ring (bicyclic) bond motifs is 1. The molecule has 37 heavy (non-hydrogen) atoms. The summed E-state index contributed by atoms with van der Waals surface area (Å²) in [5.41, 5.74) is -0.706. The number of carbonyl (C=O) groups is 1. The van der Waals surface area contributed by atoms with Crippen LogP contribution in [-0.2, 0) is 24.8 Å². The summed E-state index contributed by atoms with van der Waals surface area (Å²) in [6.45, 7) is 2.40. The van der Waals surface area contributed by atoms with Crippen LogP contribution in [0.5, 0.6) is 0 Å². The van der Waals surface area contributed by atoms with E-state index >= 15 is 0 Å². The number of aliphatic hydroxyl groups excluding tert-OH is 1. The van der Waals surface area contributed by atoms with E-state index in [0.29, 0.717) is 5.56 Å². The minimum absolute atomic E-state index is 0.0349. The lowest BCUT2D eigenvalue weighted by molar-refractivity contribution is -0.384. The number of rotatable bonds is 8. The average Bonchev–Trinajstić information content (AvgIpc) is 3.01. The van der Waals surface area contributed by atoms with Crippen molar-refractivity contribution < 1.29 is 19.9 Å². The van der Waals surface area contributed by atoms with Crippen molar-refractivity contribution in [3.8, 4) is 0 Å². The number of nitro groups is 1. The van der Waals surface area contributed by atoms with Crippen LogP contribution in [0.4, 0.5) is 5.69 Å². The number of aliphatic carboxylic acids is 1. The van der Waals surface area contributed by atoms with Crippen molar-refractivity contribution in [2.24, 2.45) is 7.05 Å². The number of hydrogen-bond acceptors (Lipinski definition) is 9. The zero-order valence-corrected chi connectivity index (χ0v) is 21.2. The molecule has 0 bridgehead atoms. The molecule has 1 aromatic carbocycles. The molecule has 2 aromatic heterocycles. The first-order chi connectivity index (χ1) is 17.7. The molecule has 200 valence electrons. The predicted molar refractivity (Wildman–Crippen MR) is 138 cm³/mol. The highest BCUT2D eigenvalue weighted by molar-refractivity contribution is 7.99. The lowest BCUT2D eigenvalue weighted by Crippen LogP contribution is -2.30. The quantitative estimate of drug-likeness (QED) is 0.186. The van der Waals surface area contributed by atoms with Crippen molar-refractivity contribution in [2.75, 3.05) is 18.8 Å². The SMILES string of the molecule is C1CCCNCC1.Cn1c(=O)[nH]c(=O)c2c1nc(SCC(=O)O)n2CC(O)Cc1ccc([N+](=O)[O-])cc1. The maximum absolute atomic E-state index is 12.4. The molecule has 1 atom stereocenters. The Morgan fingerprint density at radius 2 is 1.84 bits per heavy atom. The number of imidazole rings is 1. The fourth-order valence-electron chi connectivity index (χ4n) is 3.90. The van der Waals surface area contributed by atoms with Gasteiger partial charge in [-0.15, -0.1) is 0 Å². The number of carboxylic acids is 1. The van der Waals surface area contributed by atoms with Gasteiger partial charge in [-0.25, -0.2) is 9.78 Å². The van der Waals surface area contributed by atoms with Gasteiger partial charge in [0.1, 0.15) is 0 Å². The molecule has 3 aromatic rings. The first-order valence-corrected chi connectivity index (χ1v) is 12.8. The number of nitrogens with zero attached hydrogens (tertiary/aromatic N) is 4. The normalized spacial score (nSPS) is 14.4. The van der Waals surface area contributed by atoms with Gasteiger partial charge in [0.2, 0.25) is 0 Å². The summed E-state index contributed by atoms with van der Waals surface area (Å²) in [6.07, 6.45) is 4.77. The number of aryl methyl sites for hydroxylation is 1. The number of benzene rings is 1. The molecular formula is C23H30N6O7S. The molecule has 0 saturated carbocycles. The Bertz CT molecular complexity index is 1330. The molecule has 1 unspecified atom stereocenters. The monoisotopic (exact) mass is 534 g/mol. The van der Waals surface area contributed by atoms with E-state index in [4.69, 9.17) is 5.11 Å². The summed E-state index contributed by atoms with van der Waals surface area (Å²) in [6, 6.07) is 5.68. The smallest absolute Gasteiger partial charge is 0.329 e. The van der Waals surface area contributed by atoms with Crippen LogP contribution in [-0.4, -0.2) is 65.2 Å². The fraction of sp³-hybridized carbons (Fsp3) is 0.478. The van der Waals surface area contributed by atoms with Crippen LogP contribution in [0.1, 0.15) is 31.2 Å². The molecule has 4 N–H and O–H groups in total. The highest BCUT2D eigenvalue weighted by atomic mass is 32.2. The summed E-state index contributed by atoms with van der Waals surface area (Å²) in [5.74, 6) is -1.42. The second-order valence-electron chi connectivity index (χ2n) is 8.62. The standard InChI is InChI=1S/C17H17N5O7S.C6H13N/c1-20-14-13(15(26)19-16(20)27)21(17(18-14)30-8-12(24)25)7-11(23)6-9-2-4-10(5-3-9)22(28)29;1-2-4-6-7-5-3-1/h2-5,11,23H,6-8H2,1H3,(H,24,25)(H,19,26,27);7H,1-6H2. The van der Waals surface area contributed by atoms with Crippen LogP contribution in [0.3, 0.4) is 0 Å². The number of carboxylic acid groups (broad SMARTS) is 1. The Hall–Kier alpha value is -3.49. The summed E-state index contributed by atoms with van der Waals surface area (Å²) in [4.78, 5) is 51.7. The lowest BCUT2D eigenvalue weighted by atomic mass is 10.1. The highest BCUT2D eigenvalue weighted by Crippen LogP contribution is 2.22. The van der Waals surface area contributed by atoms with Crippen molar-refractivity contribution >= 4 is 34.6 Å². The van der Waals surface area contributed by atoms with E-state index in [2.05, 4.69) is 15.3 Å². The van der Waals surface area contributed by atoms with Gasteiger partial charge in [0.05, 0.1) is 23.3 Å². The number of non-ortho nitro benzene ring substituents is 1. The van der Waals surface area contributed by atoms with Gasteiger partial charge >= 0.3 is 11.7 Å². The van der Waals surface area contributed by atoms with E-state index < -0.39 is 28.2 Å². The maximum atomic E-state index is 12.4. The minimum atomic E-state index is -1.09. The number of thioether (sulfide) groups is 1. The predicted octanol–water partition coefficient (Wildman–Crippen LogP) is 1.26. The van der Waals surface area contributed by atoms with Crippen LogP contribution in [0.25, 0.3) is 11.2 Å². The lowest BCUT2D eigenvalue weighted by Gasteiger charge is -2.14. The van der Waals surface area contributed by atoms with Crippen molar-refractivity contribution in [1.29, 1.82) is 0 Å². The molecule has 14 heteroatoms. The molecule has 1 aliphatic heterocycles. The van der Waals surface area contributed by atoms with Crippen LogP contribution in [0, 0.1) is 10.1 Å². The van der Waals surface area contributed by atoms with Gasteiger partial charge in [-0.1, -0.05) is 36.7 Å². The van der Waals surface area contributed by atoms with E-state index in [9.17, 15) is 29.6 Å². The second kappa shape index (κ2) is 13.2. The van der Waals surface area contributed by atoms with Gasteiger partial charge in [0.15, 0.2) is 16.3 Å². The van der Waals surface area contributed by atoms with Crippen LogP contribution in [0.15, 0.2) is 39.0 Å². The van der Waals surface area contributed by atoms with Gasteiger partial charge in [0, 0.05) is 25.6 Å². The number of hydrogen-bond donors (Lipinski definition) is 4. The van der Waals surface area contributed by atoms with Crippen LogP contribution in [0.2, 0.25) is 0 Å². The van der Waals surface area contributed by atoms with E-state index in [-0.39, 0.29) is 40.7 Å². The van der Waals surface area contributed by atoms with Crippen molar-refractivity contribution in [3.63, 3.8) is 0 Å². The van der Waals surface area contributed by atoms with Gasteiger partial charge in [-0.3, -0.25) is 29.3 Å². The van der Waals surface area contributed by atoms with Crippen molar-refractivity contribution in [3.05, 3.63) is 60.8 Å². The number of nitrogens with one attached hydrogen (secondary N) is 2. The number of nitro benzene ring substituents is 1. The molecule has 1 fully saturated rings. The number of H-pyrrole nitrogens is 1. The molecular weight excluding hydrogens is 504 g/mol. The van der Waals surface area contributed by atoms with E-state index in [0.717, 1.165) is 16.3 Å².